The number of ether oxygens (including phenoxy) is 3. The van der Waals surface area contributed by atoms with Gasteiger partial charge in [-0.3, -0.25) is 19.3 Å². The molecule has 1 fully saturated rings. The number of carbonyl (C=O) groups is 3. The predicted octanol–water partition coefficient (Wildman–Crippen LogP) is 5.45. The maximum atomic E-state index is 13.0. The molecule has 0 aromatic heterocycles. The number of alkyl halides is 3. The third kappa shape index (κ3) is 6.05. The van der Waals surface area contributed by atoms with Crippen LogP contribution in [0.2, 0.25) is 5.02 Å². The van der Waals surface area contributed by atoms with Crippen LogP contribution in [-0.4, -0.2) is 49.3 Å². The first-order valence-electron chi connectivity index (χ1n) is 10.3. The number of hydrogen-bond donors (Lipinski definition) is 1. The number of anilines is 1. The number of hydrogen-bond acceptors (Lipinski definition) is 7. The highest BCUT2D eigenvalue weighted by atomic mass is 35.5. The van der Waals surface area contributed by atoms with Crippen LogP contribution in [0.3, 0.4) is 0 Å². The largest absolute Gasteiger partial charge is 0.495 e. The number of thioether (sulfide) groups is 1. The van der Waals surface area contributed by atoms with E-state index >= 15 is 0 Å². The van der Waals surface area contributed by atoms with E-state index in [4.69, 9.17) is 25.8 Å². The molecule has 1 N–H and O–H groups in total. The summed E-state index contributed by atoms with van der Waals surface area (Å²) in [5, 5.41) is 1.76. The Bertz CT molecular complexity index is 1240. The number of amides is 3. The lowest BCUT2D eigenvalue weighted by molar-refractivity contribution is -0.137. The van der Waals surface area contributed by atoms with Crippen molar-refractivity contribution >= 4 is 52.2 Å². The molecule has 13 heteroatoms. The van der Waals surface area contributed by atoms with Gasteiger partial charge in [0.25, 0.3) is 11.1 Å². The van der Waals surface area contributed by atoms with Crippen LogP contribution in [0.25, 0.3) is 6.08 Å². The summed E-state index contributed by atoms with van der Waals surface area (Å²) in [7, 11) is 2.67. The molecule has 0 bridgehead atoms. The van der Waals surface area contributed by atoms with Gasteiger partial charge >= 0.3 is 6.18 Å². The Morgan fingerprint density at radius 1 is 1.11 bits per heavy atom. The second-order valence-electron chi connectivity index (χ2n) is 7.19. The molecule has 1 aliphatic heterocycles. The second-order valence-corrected chi connectivity index (χ2v) is 8.59. The van der Waals surface area contributed by atoms with Crippen molar-refractivity contribution in [3.8, 4) is 17.2 Å². The molecule has 0 spiro atoms. The lowest BCUT2D eigenvalue weighted by atomic mass is 10.1. The molecule has 0 unspecified atom stereocenters. The van der Waals surface area contributed by atoms with Crippen LogP contribution < -0.4 is 19.5 Å². The van der Waals surface area contributed by atoms with Crippen molar-refractivity contribution in [1.82, 2.24) is 4.90 Å². The molecule has 2 aromatic carbocycles. The highest BCUT2D eigenvalue weighted by Gasteiger charge is 2.37. The summed E-state index contributed by atoms with van der Waals surface area (Å²) in [5.74, 6) is -0.916. The van der Waals surface area contributed by atoms with Crippen molar-refractivity contribution in [3.05, 3.63) is 51.4 Å². The molecular weight excluding hydrogens is 525 g/mol. The van der Waals surface area contributed by atoms with Crippen LogP contribution in [0.5, 0.6) is 17.2 Å². The van der Waals surface area contributed by atoms with Gasteiger partial charge in [-0.2, -0.15) is 13.2 Å². The van der Waals surface area contributed by atoms with Gasteiger partial charge in [-0.05, 0) is 54.6 Å². The Morgan fingerprint density at radius 3 is 2.42 bits per heavy atom. The molecule has 8 nitrogen and oxygen atoms in total. The number of benzene rings is 2. The predicted molar refractivity (Wildman–Crippen MR) is 128 cm³/mol. The van der Waals surface area contributed by atoms with Crippen LogP contribution in [0.1, 0.15) is 18.1 Å². The van der Waals surface area contributed by atoms with Gasteiger partial charge in [0, 0.05) is 6.07 Å². The van der Waals surface area contributed by atoms with Gasteiger partial charge in [0.05, 0.1) is 42.0 Å². The number of halogens is 4. The number of carbonyl (C=O) groups excluding carboxylic acids is 3. The minimum atomic E-state index is -4.65. The number of imide groups is 1. The normalized spacial score (nSPS) is 14.9. The SMILES string of the molecule is CCOc1cc(/C=C2\SC(=O)N(CC(=O)Nc3cc(C(F)(F)F)ccc3OC)C2=O)c(Cl)cc1OC. The van der Waals surface area contributed by atoms with Crippen LogP contribution in [0, 0.1) is 0 Å². The lowest BCUT2D eigenvalue weighted by Crippen LogP contribution is -2.36. The summed E-state index contributed by atoms with van der Waals surface area (Å²) in [6.45, 7) is 1.40. The van der Waals surface area contributed by atoms with E-state index in [-0.39, 0.29) is 21.4 Å². The molecule has 36 heavy (non-hydrogen) atoms. The Labute approximate surface area is 213 Å². The minimum Gasteiger partial charge on any atom is -0.495 e. The van der Waals surface area contributed by atoms with E-state index < -0.39 is 35.3 Å². The lowest BCUT2D eigenvalue weighted by Gasteiger charge is -2.16. The average molecular weight is 545 g/mol. The molecule has 0 saturated carbocycles. The van der Waals surface area contributed by atoms with Gasteiger partial charge in [-0.25, -0.2) is 0 Å². The zero-order chi connectivity index (χ0) is 26.6. The van der Waals surface area contributed by atoms with Crippen LogP contribution in [-0.2, 0) is 15.8 Å². The number of methoxy groups -OCH3 is 2. The first kappa shape index (κ1) is 27.2. The third-order valence-corrected chi connectivity index (χ3v) is 6.08. The topological polar surface area (TPSA) is 94.2 Å². The van der Waals surface area contributed by atoms with Crippen molar-refractivity contribution < 1.29 is 41.8 Å². The van der Waals surface area contributed by atoms with E-state index in [0.29, 0.717) is 46.4 Å². The maximum absolute atomic E-state index is 13.0. The van der Waals surface area contributed by atoms with Gasteiger partial charge in [0.15, 0.2) is 11.5 Å². The molecule has 1 heterocycles. The monoisotopic (exact) mass is 544 g/mol. The van der Waals surface area contributed by atoms with E-state index in [9.17, 15) is 27.6 Å². The fourth-order valence-corrected chi connectivity index (χ4v) is 4.22. The van der Waals surface area contributed by atoms with E-state index in [1.807, 2.05) is 0 Å². The molecule has 3 rings (SSSR count). The molecule has 0 atom stereocenters. The van der Waals surface area contributed by atoms with Crippen molar-refractivity contribution in [3.63, 3.8) is 0 Å². The summed E-state index contributed by atoms with van der Waals surface area (Å²) in [6, 6.07) is 5.60. The summed E-state index contributed by atoms with van der Waals surface area (Å²) in [5.41, 5.74) is -0.881. The quantitative estimate of drug-likeness (QED) is 0.442. The molecule has 1 saturated heterocycles. The van der Waals surface area contributed by atoms with E-state index in [1.54, 1.807) is 13.0 Å². The van der Waals surface area contributed by atoms with Crippen molar-refractivity contribution in [2.75, 3.05) is 32.7 Å². The molecular formula is C23H20ClF3N2O6S. The highest BCUT2D eigenvalue weighted by molar-refractivity contribution is 8.18. The first-order chi connectivity index (χ1) is 17.0. The van der Waals surface area contributed by atoms with Gasteiger partial charge < -0.3 is 19.5 Å². The van der Waals surface area contributed by atoms with Gasteiger partial charge in [-0.1, -0.05) is 11.6 Å². The van der Waals surface area contributed by atoms with Crippen molar-refractivity contribution in [1.29, 1.82) is 0 Å². The van der Waals surface area contributed by atoms with E-state index in [2.05, 4.69) is 5.32 Å². The number of nitrogens with zero attached hydrogens (tertiary/aromatic N) is 1. The summed E-state index contributed by atoms with van der Waals surface area (Å²) >= 11 is 6.86. The van der Waals surface area contributed by atoms with Crippen LogP contribution >= 0.6 is 23.4 Å². The molecule has 3 amide bonds. The molecule has 0 aliphatic carbocycles. The van der Waals surface area contributed by atoms with Crippen molar-refractivity contribution in [2.24, 2.45) is 0 Å². The van der Waals surface area contributed by atoms with E-state index in [1.165, 1.54) is 26.4 Å². The number of nitrogens with one attached hydrogen (secondary N) is 1. The third-order valence-electron chi connectivity index (χ3n) is 4.85. The zero-order valence-electron chi connectivity index (χ0n) is 19.2. The molecule has 0 radical (unpaired) electrons. The van der Waals surface area contributed by atoms with Crippen LogP contribution in [0.4, 0.5) is 23.7 Å². The summed E-state index contributed by atoms with van der Waals surface area (Å²) < 4.78 is 54.8. The Morgan fingerprint density at radius 2 is 1.81 bits per heavy atom. The smallest absolute Gasteiger partial charge is 0.416 e. The first-order valence-corrected chi connectivity index (χ1v) is 11.5. The number of rotatable bonds is 8. The van der Waals surface area contributed by atoms with Gasteiger partial charge in [-0.15, -0.1) is 0 Å². The molecule has 2 aromatic rings. The summed E-state index contributed by atoms with van der Waals surface area (Å²) in [6.07, 6.45) is -3.27. The summed E-state index contributed by atoms with van der Waals surface area (Å²) in [4.78, 5) is 38.5. The van der Waals surface area contributed by atoms with Crippen LogP contribution in [0.15, 0.2) is 35.2 Å². The molecule has 192 valence electrons. The van der Waals surface area contributed by atoms with Gasteiger partial charge in [0.2, 0.25) is 5.91 Å². The Kier molecular flexibility index (Phi) is 8.41. The minimum absolute atomic E-state index is 0.000959. The fourth-order valence-electron chi connectivity index (χ4n) is 3.18. The molecule has 1 aliphatic rings. The van der Waals surface area contributed by atoms with Crippen molar-refractivity contribution in [2.45, 2.75) is 13.1 Å². The fraction of sp³-hybridized carbons (Fsp3) is 0.261. The Hall–Kier alpha value is -3.38. The second kappa shape index (κ2) is 11.1. The van der Waals surface area contributed by atoms with Gasteiger partial charge in [0.1, 0.15) is 12.3 Å². The average Bonchev–Trinajstić information content (AvgIpc) is 3.07. The van der Waals surface area contributed by atoms with E-state index in [0.717, 1.165) is 12.1 Å². The highest BCUT2D eigenvalue weighted by Crippen LogP contribution is 2.38. The standard InChI is InChI=1S/C23H20ClF3N2O6S/c1-4-35-18-7-12(14(24)10-17(18)34-3)8-19-21(31)29(22(32)36-19)11-20(30)28-15-9-13(23(25,26)27)5-6-16(15)33-2/h5-10H,4,11H2,1-3H3,(H,28,30)/b19-8-. The maximum Gasteiger partial charge on any atom is 0.416 e. The zero-order valence-corrected chi connectivity index (χ0v) is 20.8. The Balaban J connectivity index is 1.80.